The number of nitrogens with one attached hydrogen (secondary N) is 1. The number of halogens is 4. The van der Waals surface area contributed by atoms with Crippen molar-refractivity contribution in [3.05, 3.63) is 63.6 Å². The quantitative estimate of drug-likeness (QED) is 0.471. The zero-order valence-electron chi connectivity index (χ0n) is 12.1. The molecule has 0 heterocycles. The molecule has 0 saturated heterocycles. The zero-order valence-corrected chi connectivity index (χ0v) is 14.6. The lowest BCUT2D eigenvalue weighted by Crippen LogP contribution is -2.04. The average Bonchev–Trinajstić information content (AvgIpc) is 2.52. The maximum absolute atomic E-state index is 12.5. The van der Waals surface area contributed by atoms with Crippen molar-refractivity contribution in [2.75, 3.05) is 5.32 Å². The number of benzene rings is 2. The van der Waals surface area contributed by atoms with Crippen molar-refractivity contribution in [3.8, 4) is 0 Å². The standard InChI is InChI=1S/C16H13BrF3NO2S/c17-12-5-6-14(13(7-12)15(22)23)21-9-24-8-10-1-3-11(4-2-10)16(18,19)20/h1-7,9,21,24H,8H2,(H,22,23). The first kappa shape index (κ1) is 18.5. The molecule has 0 aliphatic rings. The molecule has 0 unspecified atom stereocenters. The summed E-state index contributed by atoms with van der Waals surface area (Å²) in [7, 11) is 0. The highest BCUT2D eigenvalue weighted by Gasteiger charge is 2.29. The summed E-state index contributed by atoms with van der Waals surface area (Å²) in [6.07, 6.45) is -4.33. The summed E-state index contributed by atoms with van der Waals surface area (Å²) in [5.41, 5.74) is 2.33. The predicted octanol–water partition coefficient (Wildman–Crippen LogP) is 5.00. The predicted molar refractivity (Wildman–Crippen MR) is 94.9 cm³/mol. The molecule has 8 heteroatoms. The number of aromatic carboxylic acids is 1. The molecule has 2 aromatic rings. The Morgan fingerprint density at radius 2 is 1.88 bits per heavy atom. The molecule has 0 atom stereocenters. The molecule has 2 N–H and O–H groups in total. The highest BCUT2D eigenvalue weighted by atomic mass is 79.9. The molecule has 0 spiro atoms. The molecule has 0 bridgehead atoms. The van der Waals surface area contributed by atoms with E-state index in [0.29, 0.717) is 15.9 Å². The molecular formula is C16H13BrF3NO2S. The fourth-order valence-corrected chi connectivity index (χ4v) is 2.99. The van der Waals surface area contributed by atoms with E-state index in [2.05, 4.69) is 21.2 Å². The maximum atomic E-state index is 12.5. The first-order chi connectivity index (χ1) is 11.3. The van der Waals surface area contributed by atoms with Crippen molar-refractivity contribution >= 4 is 44.4 Å². The number of rotatable bonds is 5. The van der Waals surface area contributed by atoms with Crippen LogP contribution in [-0.2, 0) is 11.9 Å². The third kappa shape index (κ3) is 5.10. The van der Waals surface area contributed by atoms with Gasteiger partial charge in [0.25, 0.3) is 0 Å². The Balaban J connectivity index is 1.99. The number of carbonyl (C=O) groups is 1. The van der Waals surface area contributed by atoms with Crippen LogP contribution < -0.4 is 5.32 Å². The van der Waals surface area contributed by atoms with Gasteiger partial charge in [0.05, 0.1) is 16.8 Å². The summed E-state index contributed by atoms with van der Waals surface area (Å²) >= 11 is 4.01. The number of hydrogen-bond donors (Lipinski definition) is 3. The molecular weight excluding hydrogens is 407 g/mol. The lowest BCUT2D eigenvalue weighted by atomic mass is 10.1. The molecule has 2 rings (SSSR count). The fourth-order valence-electron chi connectivity index (χ4n) is 1.88. The van der Waals surface area contributed by atoms with E-state index >= 15 is 0 Å². The third-order valence-corrected chi connectivity index (χ3v) is 4.43. The van der Waals surface area contributed by atoms with Gasteiger partial charge in [-0.3, -0.25) is 0 Å². The summed E-state index contributed by atoms with van der Waals surface area (Å²) in [4.78, 5) is 11.2. The minimum Gasteiger partial charge on any atom is -0.478 e. The van der Waals surface area contributed by atoms with Gasteiger partial charge in [-0.2, -0.15) is 24.5 Å². The van der Waals surface area contributed by atoms with Crippen LogP contribution in [0.15, 0.2) is 46.9 Å². The van der Waals surface area contributed by atoms with Crippen LogP contribution in [0, 0.1) is 0 Å². The number of thiol groups is 1. The van der Waals surface area contributed by atoms with E-state index < -0.39 is 17.7 Å². The van der Waals surface area contributed by atoms with Crippen LogP contribution in [0.5, 0.6) is 0 Å². The van der Waals surface area contributed by atoms with Crippen molar-refractivity contribution in [1.29, 1.82) is 0 Å². The van der Waals surface area contributed by atoms with Crippen molar-refractivity contribution in [2.24, 2.45) is 0 Å². The normalized spacial score (nSPS) is 12.0. The van der Waals surface area contributed by atoms with E-state index in [1.54, 1.807) is 17.6 Å². The third-order valence-electron chi connectivity index (χ3n) is 3.08. The van der Waals surface area contributed by atoms with Crippen molar-refractivity contribution < 1.29 is 23.1 Å². The number of carboxylic acid groups (broad SMARTS) is 1. The van der Waals surface area contributed by atoms with Crippen LogP contribution in [0.25, 0.3) is 0 Å². The van der Waals surface area contributed by atoms with Crippen LogP contribution in [0.2, 0.25) is 0 Å². The summed E-state index contributed by atoms with van der Waals surface area (Å²) in [5.74, 6) is -0.532. The minimum absolute atomic E-state index is 0.130. The van der Waals surface area contributed by atoms with Crippen molar-refractivity contribution in [3.63, 3.8) is 0 Å². The Hall–Kier alpha value is -1.80. The van der Waals surface area contributed by atoms with Gasteiger partial charge in [0.1, 0.15) is 0 Å². The van der Waals surface area contributed by atoms with Gasteiger partial charge in [0, 0.05) is 15.7 Å². The molecule has 24 heavy (non-hydrogen) atoms. The van der Waals surface area contributed by atoms with Crippen LogP contribution >= 0.6 is 27.3 Å². The lowest BCUT2D eigenvalue weighted by Gasteiger charge is -2.07. The summed E-state index contributed by atoms with van der Waals surface area (Å²) < 4.78 is 38.1. The van der Waals surface area contributed by atoms with Gasteiger partial charge in [0.2, 0.25) is 0 Å². The molecule has 0 saturated carbocycles. The van der Waals surface area contributed by atoms with Crippen molar-refractivity contribution in [2.45, 2.75) is 11.9 Å². The molecule has 0 aromatic heterocycles. The second-order valence-corrected chi connectivity index (χ2v) is 6.66. The van der Waals surface area contributed by atoms with E-state index in [4.69, 9.17) is 5.11 Å². The average molecular weight is 420 g/mol. The molecule has 0 amide bonds. The number of hydrogen-bond acceptors (Lipinski definition) is 1. The molecule has 0 radical (unpaired) electrons. The van der Waals surface area contributed by atoms with E-state index in [9.17, 15) is 18.0 Å². The van der Waals surface area contributed by atoms with Crippen LogP contribution in [-0.4, -0.2) is 16.6 Å². The fraction of sp³-hybridized carbons (Fsp3) is 0.125. The van der Waals surface area contributed by atoms with E-state index in [-0.39, 0.29) is 5.56 Å². The van der Waals surface area contributed by atoms with Gasteiger partial charge < -0.3 is 10.4 Å². The first-order valence-electron chi connectivity index (χ1n) is 6.71. The first-order valence-corrected chi connectivity index (χ1v) is 8.65. The second-order valence-electron chi connectivity index (χ2n) is 4.80. The van der Waals surface area contributed by atoms with Gasteiger partial charge >= 0.3 is 12.1 Å². The molecule has 0 fully saturated rings. The molecule has 3 nitrogen and oxygen atoms in total. The van der Waals surface area contributed by atoms with Crippen LogP contribution in [0.4, 0.5) is 18.9 Å². The Labute approximate surface area is 148 Å². The van der Waals surface area contributed by atoms with Crippen molar-refractivity contribution in [1.82, 2.24) is 0 Å². The van der Waals surface area contributed by atoms with Gasteiger partial charge in [-0.15, -0.1) is 0 Å². The SMILES string of the molecule is O=C(O)c1cc(Br)ccc1NC=[SH]Cc1ccc(C(F)(F)F)cc1. The maximum Gasteiger partial charge on any atom is 0.416 e. The Morgan fingerprint density at radius 1 is 1.21 bits per heavy atom. The highest BCUT2D eigenvalue weighted by molar-refractivity contribution is 9.10. The molecule has 0 aliphatic carbocycles. The van der Waals surface area contributed by atoms with E-state index in [0.717, 1.165) is 29.0 Å². The number of carboxylic acids is 1. The molecule has 2 aromatic carbocycles. The van der Waals surface area contributed by atoms with Crippen LogP contribution in [0.3, 0.4) is 0 Å². The highest BCUT2D eigenvalue weighted by Crippen LogP contribution is 2.29. The minimum atomic E-state index is -4.33. The second kappa shape index (κ2) is 7.85. The monoisotopic (exact) mass is 419 g/mol. The number of anilines is 1. The Morgan fingerprint density at radius 3 is 2.46 bits per heavy atom. The van der Waals surface area contributed by atoms with Gasteiger partial charge in [0.15, 0.2) is 0 Å². The topological polar surface area (TPSA) is 49.3 Å². The molecule has 128 valence electrons. The zero-order chi connectivity index (χ0) is 17.7. The Kier molecular flexibility index (Phi) is 6.06. The van der Waals surface area contributed by atoms with E-state index in [1.165, 1.54) is 18.2 Å². The summed E-state index contributed by atoms with van der Waals surface area (Å²) in [5, 5.41) is 12.1. The van der Waals surface area contributed by atoms with Gasteiger partial charge in [-0.25, -0.2) is 4.79 Å². The largest absolute Gasteiger partial charge is 0.478 e. The lowest BCUT2D eigenvalue weighted by molar-refractivity contribution is -0.137. The Bertz CT molecular complexity index is 761. The smallest absolute Gasteiger partial charge is 0.416 e. The summed E-state index contributed by atoms with van der Waals surface area (Å²) in [6, 6.07) is 9.82. The van der Waals surface area contributed by atoms with Gasteiger partial charge in [-0.1, -0.05) is 28.1 Å². The van der Waals surface area contributed by atoms with E-state index in [1.807, 2.05) is 0 Å². The molecule has 0 aliphatic heterocycles. The summed E-state index contributed by atoms with van der Waals surface area (Å²) in [6.45, 7) is 0. The number of alkyl halides is 3. The van der Waals surface area contributed by atoms with Crippen LogP contribution in [0.1, 0.15) is 21.5 Å². The van der Waals surface area contributed by atoms with Gasteiger partial charge in [-0.05, 0) is 35.9 Å².